The van der Waals surface area contributed by atoms with Gasteiger partial charge < -0.3 is 4.42 Å². The molecule has 3 heteroatoms. The van der Waals surface area contributed by atoms with Crippen molar-refractivity contribution >= 4 is 37.8 Å². The molecule has 0 fully saturated rings. The molecular weight excluding hydrogens is 326 g/mol. The molecule has 3 aromatic carbocycles. The normalized spacial score (nSPS) is 11.3. The molecule has 0 aliphatic carbocycles. The van der Waals surface area contributed by atoms with Crippen molar-refractivity contribution in [1.82, 2.24) is 4.98 Å². The Bertz CT molecular complexity index is 937. The molecule has 0 amide bonds. The lowest BCUT2D eigenvalue weighted by Crippen LogP contribution is -1.80. The maximum atomic E-state index is 5.94. The molecule has 0 radical (unpaired) electrons. The van der Waals surface area contributed by atoms with Gasteiger partial charge in [-0.15, -0.1) is 0 Å². The van der Waals surface area contributed by atoms with Crippen molar-refractivity contribution in [3.05, 3.63) is 66.2 Å². The molecule has 1 heterocycles. The lowest BCUT2D eigenvalue weighted by atomic mass is 10.0. The van der Waals surface area contributed by atoms with E-state index in [1.54, 1.807) is 0 Å². The smallest absolute Gasteiger partial charge is 0.227 e. The Kier molecular flexibility index (Phi) is 3.00. The number of oxazole rings is 1. The Morgan fingerprint density at radius 1 is 0.952 bits per heavy atom. The van der Waals surface area contributed by atoms with Gasteiger partial charge in [-0.2, -0.15) is 0 Å². The van der Waals surface area contributed by atoms with Gasteiger partial charge in [0.2, 0.25) is 5.89 Å². The number of benzene rings is 3. The average Bonchev–Trinajstić information content (AvgIpc) is 2.97. The zero-order valence-corrected chi connectivity index (χ0v) is 12.8. The van der Waals surface area contributed by atoms with Gasteiger partial charge >= 0.3 is 0 Å². The molecule has 21 heavy (non-hydrogen) atoms. The number of hydrogen-bond acceptors (Lipinski definition) is 2. The minimum atomic E-state index is 0.675. The van der Waals surface area contributed by atoms with Crippen LogP contribution in [0.4, 0.5) is 0 Å². The van der Waals surface area contributed by atoms with Gasteiger partial charge in [0.15, 0.2) is 5.58 Å². The maximum Gasteiger partial charge on any atom is 0.227 e. The van der Waals surface area contributed by atoms with Crippen LogP contribution < -0.4 is 0 Å². The molecule has 0 unspecified atom stereocenters. The lowest BCUT2D eigenvalue weighted by molar-refractivity contribution is 0.620. The number of hydrogen-bond donors (Lipinski definition) is 0. The Balaban J connectivity index is 1.96. The van der Waals surface area contributed by atoms with Gasteiger partial charge in [0.05, 0.1) is 0 Å². The van der Waals surface area contributed by atoms with E-state index in [2.05, 4.69) is 57.3 Å². The van der Waals surface area contributed by atoms with Crippen molar-refractivity contribution in [2.75, 3.05) is 0 Å². The van der Waals surface area contributed by atoms with E-state index < -0.39 is 0 Å². The van der Waals surface area contributed by atoms with E-state index in [1.165, 1.54) is 10.9 Å². The van der Waals surface area contributed by atoms with Gasteiger partial charge in [-0.3, -0.25) is 0 Å². The minimum absolute atomic E-state index is 0.675. The van der Waals surface area contributed by atoms with Gasteiger partial charge in [-0.1, -0.05) is 58.4 Å². The summed E-state index contributed by atoms with van der Waals surface area (Å²) in [6, 6.07) is 20.6. The molecule has 0 aliphatic rings. The van der Waals surface area contributed by atoms with Crippen molar-refractivity contribution in [3.8, 4) is 11.5 Å². The summed E-state index contributed by atoms with van der Waals surface area (Å²) in [7, 11) is 0. The average molecular weight is 338 g/mol. The van der Waals surface area contributed by atoms with Crippen LogP contribution >= 0.6 is 15.9 Å². The minimum Gasteiger partial charge on any atom is -0.436 e. The topological polar surface area (TPSA) is 26.0 Å². The Morgan fingerprint density at radius 3 is 2.71 bits per heavy atom. The van der Waals surface area contributed by atoms with E-state index in [9.17, 15) is 0 Å². The third-order valence-electron chi connectivity index (χ3n) is 3.63. The molecule has 0 bridgehead atoms. The Hall–Kier alpha value is -2.13. The molecule has 0 aliphatic heterocycles. The van der Waals surface area contributed by atoms with Gasteiger partial charge in [0, 0.05) is 10.9 Å². The SMILES string of the molecule is BrCc1ccc2oc(-c3cccc4ccccc34)nc2c1. The van der Waals surface area contributed by atoms with E-state index >= 15 is 0 Å². The molecule has 0 saturated heterocycles. The summed E-state index contributed by atoms with van der Waals surface area (Å²) in [5.74, 6) is 0.675. The first-order valence-electron chi connectivity index (χ1n) is 6.79. The Morgan fingerprint density at radius 2 is 1.81 bits per heavy atom. The second kappa shape index (κ2) is 5.01. The fourth-order valence-corrected chi connectivity index (χ4v) is 2.93. The van der Waals surface area contributed by atoms with Crippen LogP contribution in [0.2, 0.25) is 0 Å². The fourth-order valence-electron chi connectivity index (χ4n) is 2.58. The van der Waals surface area contributed by atoms with Gasteiger partial charge in [0.1, 0.15) is 5.52 Å². The second-order valence-electron chi connectivity index (χ2n) is 4.98. The van der Waals surface area contributed by atoms with Crippen LogP contribution in [-0.2, 0) is 5.33 Å². The van der Waals surface area contributed by atoms with Crippen LogP contribution in [0.25, 0.3) is 33.3 Å². The highest BCUT2D eigenvalue weighted by molar-refractivity contribution is 9.08. The van der Waals surface area contributed by atoms with Crippen LogP contribution in [-0.4, -0.2) is 4.98 Å². The molecule has 1 aromatic heterocycles. The second-order valence-corrected chi connectivity index (χ2v) is 5.54. The van der Waals surface area contributed by atoms with Crippen molar-refractivity contribution in [2.24, 2.45) is 0 Å². The molecule has 0 N–H and O–H groups in total. The molecule has 4 aromatic rings. The molecule has 0 saturated carbocycles. The summed E-state index contributed by atoms with van der Waals surface area (Å²) in [5.41, 5.74) is 3.95. The zero-order chi connectivity index (χ0) is 14.2. The lowest BCUT2D eigenvalue weighted by Gasteiger charge is -2.01. The predicted molar refractivity (Wildman–Crippen MR) is 89.6 cm³/mol. The summed E-state index contributed by atoms with van der Waals surface area (Å²) in [4.78, 5) is 4.65. The number of halogens is 1. The monoisotopic (exact) mass is 337 g/mol. The van der Waals surface area contributed by atoms with E-state index in [-0.39, 0.29) is 0 Å². The first-order chi connectivity index (χ1) is 10.3. The van der Waals surface area contributed by atoms with Gasteiger partial charge in [-0.25, -0.2) is 4.98 Å². The van der Waals surface area contributed by atoms with Crippen LogP contribution in [0.5, 0.6) is 0 Å². The molecular formula is C18H12BrNO. The van der Waals surface area contributed by atoms with Crippen molar-refractivity contribution in [1.29, 1.82) is 0 Å². The summed E-state index contributed by atoms with van der Waals surface area (Å²) in [5, 5.41) is 3.17. The molecule has 4 rings (SSSR count). The largest absolute Gasteiger partial charge is 0.436 e. The van der Waals surface area contributed by atoms with Crippen LogP contribution in [0.3, 0.4) is 0 Å². The number of rotatable bonds is 2. The summed E-state index contributed by atoms with van der Waals surface area (Å²) in [6.07, 6.45) is 0. The summed E-state index contributed by atoms with van der Waals surface area (Å²) in [6.45, 7) is 0. The quantitative estimate of drug-likeness (QED) is 0.448. The van der Waals surface area contributed by atoms with Crippen molar-refractivity contribution in [2.45, 2.75) is 5.33 Å². The van der Waals surface area contributed by atoms with Crippen LogP contribution in [0.1, 0.15) is 5.56 Å². The van der Waals surface area contributed by atoms with Crippen molar-refractivity contribution < 1.29 is 4.42 Å². The van der Waals surface area contributed by atoms with Crippen LogP contribution in [0.15, 0.2) is 65.1 Å². The fraction of sp³-hybridized carbons (Fsp3) is 0.0556. The zero-order valence-electron chi connectivity index (χ0n) is 11.2. The molecule has 102 valence electrons. The number of alkyl halides is 1. The standard InChI is InChI=1S/C18H12BrNO/c19-11-12-8-9-17-16(10-12)20-18(21-17)15-7-3-5-13-4-1-2-6-14(13)15/h1-10H,11H2. The number of fused-ring (bicyclic) bond motifs is 2. The summed E-state index contributed by atoms with van der Waals surface area (Å²) >= 11 is 3.47. The third kappa shape index (κ3) is 2.14. The molecule has 0 atom stereocenters. The molecule has 2 nitrogen and oxygen atoms in total. The maximum absolute atomic E-state index is 5.94. The van der Waals surface area contributed by atoms with Gasteiger partial charge in [-0.05, 0) is 34.5 Å². The van der Waals surface area contributed by atoms with E-state index in [0.29, 0.717) is 5.89 Å². The number of aromatic nitrogens is 1. The van der Waals surface area contributed by atoms with Crippen molar-refractivity contribution in [3.63, 3.8) is 0 Å². The number of nitrogens with zero attached hydrogens (tertiary/aromatic N) is 1. The molecule has 0 spiro atoms. The summed E-state index contributed by atoms with van der Waals surface area (Å²) < 4.78 is 5.94. The van der Waals surface area contributed by atoms with Crippen LogP contribution in [0, 0.1) is 0 Å². The Labute approximate surface area is 130 Å². The highest BCUT2D eigenvalue weighted by Crippen LogP contribution is 2.30. The predicted octanol–water partition coefficient (Wildman–Crippen LogP) is 5.54. The van der Waals surface area contributed by atoms with Gasteiger partial charge in [0.25, 0.3) is 0 Å². The first kappa shape index (κ1) is 12.6. The highest BCUT2D eigenvalue weighted by Gasteiger charge is 2.11. The first-order valence-corrected chi connectivity index (χ1v) is 7.91. The van der Waals surface area contributed by atoms with E-state index in [4.69, 9.17) is 4.42 Å². The third-order valence-corrected chi connectivity index (χ3v) is 4.27. The highest BCUT2D eigenvalue weighted by atomic mass is 79.9. The van der Waals surface area contributed by atoms with E-state index in [0.717, 1.165) is 27.4 Å². The van der Waals surface area contributed by atoms with E-state index in [1.807, 2.05) is 24.3 Å².